The second-order valence-electron chi connectivity index (χ2n) is 4.95. The van der Waals surface area contributed by atoms with Gasteiger partial charge in [0.15, 0.2) is 5.69 Å². The highest BCUT2D eigenvalue weighted by Gasteiger charge is 2.27. The average Bonchev–Trinajstić information content (AvgIpc) is 2.48. The van der Waals surface area contributed by atoms with Crippen LogP contribution in [0.15, 0.2) is 24.5 Å². The summed E-state index contributed by atoms with van der Waals surface area (Å²) in [6, 6.07) is 3.99. The van der Waals surface area contributed by atoms with Crippen LogP contribution >= 0.6 is 0 Å². The lowest BCUT2D eigenvalue weighted by molar-refractivity contribution is 0.534. The van der Waals surface area contributed by atoms with Crippen molar-refractivity contribution in [3.63, 3.8) is 0 Å². The third-order valence-electron chi connectivity index (χ3n) is 3.76. The first-order chi connectivity index (χ1) is 10.1. The van der Waals surface area contributed by atoms with Gasteiger partial charge in [-0.25, -0.2) is 18.7 Å². The van der Waals surface area contributed by atoms with E-state index in [-0.39, 0.29) is 11.7 Å². The molecule has 4 nitrogen and oxygen atoms in total. The van der Waals surface area contributed by atoms with Crippen molar-refractivity contribution in [2.75, 3.05) is 11.4 Å². The van der Waals surface area contributed by atoms with E-state index in [9.17, 15) is 8.78 Å². The van der Waals surface area contributed by atoms with Gasteiger partial charge in [0.1, 0.15) is 23.5 Å². The van der Waals surface area contributed by atoms with Crippen molar-refractivity contribution in [3.8, 4) is 6.07 Å². The Morgan fingerprint density at radius 2 is 2.10 bits per heavy atom. The molecule has 0 spiro atoms. The van der Waals surface area contributed by atoms with Gasteiger partial charge >= 0.3 is 0 Å². The minimum Gasteiger partial charge on any atom is -0.348 e. The predicted molar refractivity (Wildman–Crippen MR) is 72.6 cm³/mol. The molecular formula is C15H12F2N4. The Bertz CT molecular complexity index is 722. The molecule has 0 fully saturated rings. The van der Waals surface area contributed by atoms with E-state index in [0.29, 0.717) is 29.9 Å². The molecule has 0 N–H and O–H groups in total. The van der Waals surface area contributed by atoms with Crippen LogP contribution in [0.3, 0.4) is 0 Å². The molecule has 1 aromatic carbocycles. The summed E-state index contributed by atoms with van der Waals surface area (Å²) in [7, 11) is 0. The number of nitrogens with zero attached hydrogens (tertiary/aromatic N) is 4. The third kappa shape index (κ3) is 2.31. The monoisotopic (exact) mass is 286 g/mol. The lowest BCUT2D eigenvalue weighted by Gasteiger charge is -2.36. The topological polar surface area (TPSA) is 52.8 Å². The number of rotatable bonds is 1. The highest BCUT2D eigenvalue weighted by molar-refractivity contribution is 5.47. The maximum atomic E-state index is 13.8. The Balaban J connectivity index is 1.98. The van der Waals surface area contributed by atoms with Gasteiger partial charge in [-0.05, 0) is 30.5 Å². The number of hydrogen-bond donors (Lipinski definition) is 0. The Hall–Kier alpha value is -2.55. The first kappa shape index (κ1) is 13.4. The van der Waals surface area contributed by atoms with Crippen molar-refractivity contribution in [2.24, 2.45) is 0 Å². The van der Waals surface area contributed by atoms with Crippen LogP contribution in [0.4, 0.5) is 14.6 Å². The van der Waals surface area contributed by atoms with Crippen LogP contribution in [0.25, 0.3) is 0 Å². The number of fused-ring (bicyclic) bond motifs is 1. The summed E-state index contributed by atoms with van der Waals surface area (Å²) < 4.78 is 27.2. The van der Waals surface area contributed by atoms with Crippen LogP contribution in [-0.4, -0.2) is 16.5 Å². The van der Waals surface area contributed by atoms with Gasteiger partial charge in [0.25, 0.3) is 0 Å². The van der Waals surface area contributed by atoms with Crippen molar-refractivity contribution < 1.29 is 8.78 Å². The fourth-order valence-corrected chi connectivity index (χ4v) is 2.69. The quantitative estimate of drug-likeness (QED) is 0.809. The molecule has 0 radical (unpaired) electrons. The molecule has 0 saturated carbocycles. The van der Waals surface area contributed by atoms with E-state index in [2.05, 4.69) is 9.97 Å². The normalized spacial score (nSPS) is 17.2. The molecule has 0 bridgehead atoms. The first-order valence-corrected chi connectivity index (χ1v) is 6.56. The zero-order valence-corrected chi connectivity index (χ0v) is 11.3. The minimum absolute atomic E-state index is 0.207. The summed E-state index contributed by atoms with van der Waals surface area (Å²) in [4.78, 5) is 10.1. The lowest BCUT2D eigenvalue weighted by atomic mass is 9.93. The van der Waals surface area contributed by atoms with Gasteiger partial charge < -0.3 is 4.90 Å². The van der Waals surface area contributed by atoms with Gasteiger partial charge in [-0.2, -0.15) is 5.26 Å². The van der Waals surface area contributed by atoms with Crippen LogP contribution in [0.2, 0.25) is 0 Å². The van der Waals surface area contributed by atoms with E-state index in [1.807, 2.05) is 17.9 Å². The van der Waals surface area contributed by atoms with Crippen molar-refractivity contribution in [3.05, 3.63) is 53.0 Å². The van der Waals surface area contributed by atoms with Crippen molar-refractivity contribution in [1.82, 2.24) is 9.97 Å². The summed E-state index contributed by atoms with van der Waals surface area (Å²) in [5.74, 6) is -0.481. The van der Waals surface area contributed by atoms with Gasteiger partial charge in [-0.15, -0.1) is 0 Å². The van der Waals surface area contributed by atoms with Crippen molar-refractivity contribution >= 4 is 5.82 Å². The minimum atomic E-state index is -0.578. The van der Waals surface area contributed by atoms with E-state index >= 15 is 0 Å². The second kappa shape index (κ2) is 5.09. The van der Waals surface area contributed by atoms with Gasteiger partial charge in [-0.3, -0.25) is 0 Å². The Labute approximate surface area is 120 Å². The number of hydrogen-bond acceptors (Lipinski definition) is 4. The zero-order chi connectivity index (χ0) is 15.0. The molecule has 0 amide bonds. The van der Waals surface area contributed by atoms with E-state index in [4.69, 9.17) is 5.26 Å². The molecule has 2 heterocycles. The van der Waals surface area contributed by atoms with Crippen molar-refractivity contribution in [1.29, 1.82) is 5.26 Å². The molecule has 21 heavy (non-hydrogen) atoms. The smallest absolute Gasteiger partial charge is 0.158 e. The maximum Gasteiger partial charge on any atom is 0.158 e. The van der Waals surface area contributed by atoms with Crippen LogP contribution in [0.1, 0.15) is 29.8 Å². The highest BCUT2D eigenvalue weighted by Crippen LogP contribution is 2.33. The standard InChI is InChI=1S/C15H12F2N4/c1-9-13-4-10(16)5-14(17)12(13)2-3-21(9)15-8-19-11(6-18)7-20-15/h4-5,7-9H,2-3H2,1H3. The van der Waals surface area contributed by atoms with Crippen LogP contribution in [0.5, 0.6) is 0 Å². The largest absolute Gasteiger partial charge is 0.348 e. The Morgan fingerprint density at radius 1 is 1.29 bits per heavy atom. The molecule has 0 saturated heterocycles. The Kier molecular flexibility index (Phi) is 3.26. The molecule has 1 atom stereocenters. The maximum absolute atomic E-state index is 13.8. The zero-order valence-electron chi connectivity index (χ0n) is 11.3. The van der Waals surface area contributed by atoms with Gasteiger partial charge in [-0.1, -0.05) is 0 Å². The molecule has 3 rings (SSSR count). The van der Waals surface area contributed by atoms with E-state index in [0.717, 1.165) is 6.07 Å². The number of halogens is 2. The fraction of sp³-hybridized carbons (Fsp3) is 0.267. The average molecular weight is 286 g/mol. The number of aromatic nitrogens is 2. The molecule has 2 aromatic rings. The molecule has 106 valence electrons. The second-order valence-corrected chi connectivity index (χ2v) is 4.95. The molecule has 6 heteroatoms. The molecule has 1 unspecified atom stereocenters. The molecule has 1 aliphatic heterocycles. The lowest BCUT2D eigenvalue weighted by Crippen LogP contribution is -2.35. The van der Waals surface area contributed by atoms with E-state index < -0.39 is 11.6 Å². The highest BCUT2D eigenvalue weighted by atomic mass is 19.1. The number of anilines is 1. The first-order valence-electron chi connectivity index (χ1n) is 6.56. The van der Waals surface area contributed by atoms with Gasteiger partial charge in [0.2, 0.25) is 0 Å². The van der Waals surface area contributed by atoms with Gasteiger partial charge in [0, 0.05) is 12.6 Å². The van der Waals surface area contributed by atoms with Crippen LogP contribution in [0, 0.1) is 23.0 Å². The van der Waals surface area contributed by atoms with Gasteiger partial charge in [0.05, 0.1) is 18.4 Å². The molecule has 0 aliphatic carbocycles. The van der Waals surface area contributed by atoms with E-state index in [1.165, 1.54) is 18.5 Å². The summed E-state index contributed by atoms with van der Waals surface area (Å²) in [6.45, 7) is 2.44. The summed E-state index contributed by atoms with van der Waals surface area (Å²) >= 11 is 0. The van der Waals surface area contributed by atoms with Crippen molar-refractivity contribution in [2.45, 2.75) is 19.4 Å². The fourth-order valence-electron chi connectivity index (χ4n) is 2.69. The Morgan fingerprint density at radius 3 is 2.76 bits per heavy atom. The molecular weight excluding hydrogens is 274 g/mol. The van der Waals surface area contributed by atoms with Crippen LogP contribution in [-0.2, 0) is 6.42 Å². The summed E-state index contributed by atoms with van der Waals surface area (Å²) in [5.41, 5.74) is 1.42. The molecule has 1 aromatic heterocycles. The number of benzene rings is 1. The summed E-state index contributed by atoms with van der Waals surface area (Å²) in [5, 5.41) is 8.73. The SMILES string of the molecule is CC1c2cc(F)cc(F)c2CCN1c1cnc(C#N)cn1. The third-order valence-corrected chi connectivity index (χ3v) is 3.76. The predicted octanol–water partition coefficient (Wildman–Crippen LogP) is 2.75. The van der Waals surface area contributed by atoms with E-state index in [1.54, 1.807) is 0 Å². The number of nitriles is 1. The van der Waals surface area contributed by atoms with Crippen LogP contribution < -0.4 is 4.90 Å². The summed E-state index contributed by atoms with van der Waals surface area (Å²) in [6.07, 6.45) is 3.38. The molecule has 1 aliphatic rings.